The highest BCUT2D eigenvalue weighted by Crippen LogP contribution is 2.33. The van der Waals surface area contributed by atoms with Gasteiger partial charge in [0, 0.05) is 12.6 Å². The van der Waals surface area contributed by atoms with Crippen molar-refractivity contribution in [2.75, 3.05) is 24.2 Å². The highest BCUT2D eigenvalue weighted by atomic mass is 35.5. The first kappa shape index (κ1) is 27.8. The summed E-state index contributed by atoms with van der Waals surface area (Å²) in [6.45, 7) is 4.70. The Bertz CT molecular complexity index is 1140. The minimum atomic E-state index is -3.91. The van der Waals surface area contributed by atoms with Crippen LogP contribution in [0, 0.1) is 0 Å². The number of carbonyl (C=O) groups excluding carboxylic acids is 2. The second-order valence-electron chi connectivity index (χ2n) is 8.06. The number of benzene rings is 2. The second-order valence-corrected chi connectivity index (χ2v) is 10.7. The van der Waals surface area contributed by atoms with E-state index in [0.717, 1.165) is 10.6 Å². The molecular formula is C23H29Cl2N3O5S. The Morgan fingerprint density at radius 3 is 2.32 bits per heavy atom. The smallest absolute Gasteiger partial charge is 0.244 e. The molecule has 34 heavy (non-hydrogen) atoms. The van der Waals surface area contributed by atoms with Gasteiger partial charge in [0.2, 0.25) is 21.8 Å². The molecule has 0 saturated carbocycles. The first-order valence-corrected chi connectivity index (χ1v) is 13.1. The summed E-state index contributed by atoms with van der Waals surface area (Å²) in [5.74, 6) is -0.360. The van der Waals surface area contributed by atoms with Gasteiger partial charge in [0.1, 0.15) is 18.3 Å². The molecular weight excluding hydrogens is 501 g/mol. The number of methoxy groups -OCH3 is 1. The molecule has 2 aromatic rings. The molecule has 8 nitrogen and oxygen atoms in total. The van der Waals surface area contributed by atoms with E-state index in [1.54, 1.807) is 37.3 Å². The van der Waals surface area contributed by atoms with Crippen molar-refractivity contribution in [1.82, 2.24) is 10.2 Å². The average Bonchev–Trinajstić information content (AvgIpc) is 2.76. The topological polar surface area (TPSA) is 96.0 Å². The lowest BCUT2D eigenvalue weighted by Gasteiger charge is -2.32. The maximum absolute atomic E-state index is 13.5. The van der Waals surface area contributed by atoms with Crippen LogP contribution in [0.25, 0.3) is 0 Å². The fourth-order valence-electron chi connectivity index (χ4n) is 3.24. The van der Waals surface area contributed by atoms with Crippen LogP contribution in [0.15, 0.2) is 42.5 Å². The number of nitrogens with one attached hydrogen (secondary N) is 1. The van der Waals surface area contributed by atoms with Crippen molar-refractivity contribution in [1.29, 1.82) is 0 Å². The Balaban J connectivity index is 2.45. The number of amides is 2. The molecule has 0 saturated heterocycles. The molecule has 0 aliphatic rings. The largest absolute Gasteiger partial charge is 0.497 e. The van der Waals surface area contributed by atoms with E-state index in [2.05, 4.69) is 5.32 Å². The Hall–Kier alpha value is -2.49. The summed E-state index contributed by atoms with van der Waals surface area (Å²) in [5, 5.41) is 2.95. The zero-order valence-electron chi connectivity index (χ0n) is 19.7. The van der Waals surface area contributed by atoms with E-state index in [4.69, 9.17) is 27.9 Å². The van der Waals surface area contributed by atoms with Crippen LogP contribution in [0.5, 0.6) is 5.75 Å². The highest BCUT2D eigenvalue weighted by Gasteiger charge is 2.31. The molecule has 2 rings (SSSR count). The molecule has 1 unspecified atom stereocenters. The number of sulfonamides is 1. The maximum atomic E-state index is 13.5. The molecule has 0 heterocycles. The van der Waals surface area contributed by atoms with Gasteiger partial charge in [0.05, 0.1) is 29.1 Å². The van der Waals surface area contributed by atoms with Gasteiger partial charge in [-0.3, -0.25) is 13.9 Å². The van der Waals surface area contributed by atoms with Crippen molar-refractivity contribution >= 4 is 50.7 Å². The van der Waals surface area contributed by atoms with Crippen molar-refractivity contribution in [3.05, 3.63) is 58.1 Å². The van der Waals surface area contributed by atoms with Gasteiger partial charge in [-0.15, -0.1) is 0 Å². The van der Waals surface area contributed by atoms with Gasteiger partial charge >= 0.3 is 0 Å². The fraction of sp³-hybridized carbons (Fsp3) is 0.391. The van der Waals surface area contributed by atoms with Crippen LogP contribution in [-0.2, 0) is 26.2 Å². The van der Waals surface area contributed by atoms with Gasteiger partial charge in [0.25, 0.3) is 0 Å². The van der Waals surface area contributed by atoms with Gasteiger partial charge in [-0.1, -0.05) is 41.4 Å². The summed E-state index contributed by atoms with van der Waals surface area (Å²) in [7, 11) is -2.38. The molecule has 2 amide bonds. The van der Waals surface area contributed by atoms with Crippen molar-refractivity contribution in [2.45, 2.75) is 39.4 Å². The summed E-state index contributed by atoms with van der Waals surface area (Å²) in [5.41, 5.74) is 0.786. The Morgan fingerprint density at radius 1 is 1.09 bits per heavy atom. The maximum Gasteiger partial charge on any atom is 0.244 e. The quantitative estimate of drug-likeness (QED) is 0.506. The number of halogens is 2. The molecule has 1 N–H and O–H groups in total. The summed E-state index contributed by atoms with van der Waals surface area (Å²) < 4.78 is 31.3. The Labute approximate surface area is 210 Å². The minimum Gasteiger partial charge on any atom is -0.497 e. The lowest BCUT2D eigenvalue weighted by atomic mass is 10.1. The number of hydrogen-bond donors (Lipinski definition) is 1. The first-order chi connectivity index (χ1) is 15.8. The number of ether oxygens (including phenoxy) is 1. The molecule has 0 aliphatic heterocycles. The normalized spacial score (nSPS) is 12.2. The number of hydrogen-bond acceptors (Lipinski definition) is 5. The summed E-state index contributed by atoms with van der Waals surface area (Å²) in [4.78, 5) is 27.6. The molecule has 0 radical (unpaired) electrons. The molecule has 0 spiro atoms. The second kappa shape index (κ2) is 11.8. The highest BCUT2D eigenvalue weighted by molar-refractivity contribution is 7.92. The van der Waals surface area contributed by atoms with E-state index in [1.165, 1.54) is 24.1 Å². The van der Waals surface area contributed by atoms with Crippen molar-refractivity contribution in [3.8, 4) is 5.75 Å². The lowest BCUT2D eigenvalue weighted by Crippen LogP contribution is -2.52. The van der Waals surface area contributed by atoms with Crippen LogP contribution < -0.4 is 14.4 Å². The van der Waals surface area contributed by atoms with Crippen LogP contribution in [-0.4, -0.2) is 57.1 Å². The van der Waals surface area contributed by atoms with E-state index >= 15 is 0 Å². The Morgan fingerprint density at radius 2 is 1.74 bits per heavy atom. The third-order valence-electron chi connectivity index (χ3n) is 4.96. The SMILES string of the molecule is COc1cccc(CN(C(=O)CN(c2cccc(Cl)c2Cl)S(C)(=O)=O)C(C)C(=O)NC(C)C)c1. The van der Waals surface area contributed by atoms with Crippen molar-refractivity contribution in [2.24, 2.45) is 0 Å². The van der Waals surface area contributed by atoms with Crippen LogP contribution in [0.1, 0.15) is 26.3 Å². The molecule has 11 heteroatoms. The zero-order valence-corrected chi connectivity index (χ0v) is 22.0. The van der Waals surface area contributed by atoms with E-state index in [-0.39, 0.29) is 34.2 Å². The zero-order chi connectivity index (χ0) is 25.6. The molecule has 0 bridgehead atoms. The van der Waals surface area contributed by atoms with Gasteiger partial charge in [0.15, 0.2) is 0 Å². The number of carbonyl (C=O) groups is 2. The standard InChI is InChI=1S/C23H29Cl2N3O5S/c1-15(2)26-23(30)16(3)27(13-17-8-6-9-18(12-17)33-4)21(29)14-28(34(5,31)32)20-11-7-10-19(24)22(20)25/h6-12,15-16H,13-14H2,1-5H3,(H,26,30). The first-order valence-electron chi connectivity index (χ1n) is 10.5. The third-order valence-corrected chi connectivity index (χ3v) is 6.90. The molecule has 0 aliphatic carbocycles. The predicted molar refractivity (Wildman–Crippen MR) is 135 cm³/mol. The van der Waals surface area contributed by atoms with Gasteiger partial charge in [-0.2, -0.15) is 0 Å². The summed E-state index contributed by atoms with van der Waals surface area (Å²) in [6, 6.07) is 10.6. The van der Waals surface area contributed by atoms with Gasteiger partial charge < -0.3 is 15.0 Å². The third kappa shape index (κ3) is 7.25. The molecule has 0 aromatic heterocycles. The Kier molecular flexibility index (Phi) is 9.61. The van der Waals surface area contributed by atoms with E-state index in [0.29, 0.717) is 11.3 Å². The van der Waals surface area contributed by atoms with Crippen molar-refractivity contribution < 1.29 is 22.7 Å². The predicted octanol–water partition coefficient (Wildman–Crippen LogP) is 3.71. The van der Waals surface area contributed by atoms with Gasteiger partial charge in [-0.25, -0.2) is 8.42 Å². The van der Waals surface area contributed by atoms with Crippen LogP contribution in [0.4, 0.5) is 5.69 Å². The lowest BCUT2D eigenvalue weighted by molar-refractivity contribution is -0.139. The molecule has 0 fully saturated rings. The number of anilines is 1. The fourth-order valence-corrected chi connectivity index (χ4v) is 4.54. The molecule has 1 atom stereocenters. The average molecular weight is 530 g/mol. The molecule has 2 aromatic carbocycles. The number of rotatable bonds is 10. The van der Waals surface area contributed by atoms with E-state index in [1.807, 2.05) is 13.8 Å². The summed E-state index contributed by atoms with van der Waals surface area (Å²) in [6.07, 6.45) is 0.971. The van der Waals surface area contributed by atoms with Crippen molar-refractivity contribution in [3.63, 3.8) is 0 Å². The summed E-state index contributed by atoms with van der Waals surface area (Å²) >= 11 is 12.3. The van der Waals surface area contributed by atoms with Crippen LogP contribution in [0.3, 0.4) is 0 Å². The molecule has 186 valence electrons. The minimum absolute atomic E-state index is 0.00679. The van der Waals surface area contributed by atoms with Gasteiger partial charge in [-0.05, 0) is 50.6 Å². The van der Waals surface area contributed by atoms with E-state index in [9.17, 15) is 18.0 Å². The van der Waals surface area contributed by atoms with E-state index < -0.39 is 28.5 Å². The van der Waals surface area contributed by atoms with Crippen LogP contribution >= 0.6 is 23.2 Å². The number of nitrogens with zero attached hydrogens (tertiary/aromatic N) is 2. The van der Waals surface area contributed by atoms with Crippen LogP contribution in [0.2, 0.25) is 10.0 Å². The monoisotopic (exact) mass is 529 g/mol.